The number of nitrogens with zero attached hydrogens (tertiary/aromatic N) is 1. The van der Waals surface area contributed by atoms with Gasteiger partial charge in [-0.2, -0.15) is 11.8 Å². The normalized spacial score (nSPS) is 21.9. The van der Waals surface area contributed by atoms with Gasteiger partial charge >= 0.3 is 0 Å². The smallest absolute Gasteiger partial charge is 0.122 e. The molecule has 3 nitrogen and oxygen atoms in total. The Morgan fingerprint density at radius 2 is 2.31 bits per heavy atom. The van der Waals surface area contributed by atoms with E-state index in [0.717, 1.165) is 35.4 Å². The number of rotatable bonds is 2. The molecule has 1 aromatic carbocycles. The predicted octanol–water partition coefficient (Wildman–Crippen LogP) is 2.55. The summed E-state index contributed by atoms with van der Waals surface area (Å²) in [5.41, 5.74) is 2.95. The fraction of sp³-hybridized carbons (Fsp3) is 0.417. The van der Waals surface area contributed by atoms with E-state index in [0.29, 0.717) is 0 Å². The van der Waals surface area contributed by atoms with Crippen molar-refractivity contribution in [3.05, 3.63) is 29.3 Å². The first-order chi connectivity index (χ1) is 7.81. The highest BCUT2D eigenvalue weighted by Gasteiger charge is 2.27. The zero-order valence-corrected chi connectivity index (χ0v) is 10.3. The lowest BCUT2D eigenvalue weighted by Crippen LogP contribution is -2.26. The second-order valence-corrected chi connectivity index (χ2v) is 4.78. The third-order valence-electron chi connectivity index (χ3n) is 2.98. The van der Waals surface area contributed by atoms with E-state index < -0.39 is 0 Å². The van der Waals surface area contributed by atoms with Gasteiger partial charge in [-0.05, 0) is 25.2 Å². The zero-order valence-electron chi connectivity index (χ0n) is 9.43. The lowest BCUT2D eigenvalue weighted by molar-refractivity contribution is 0.317. The van der Waals surface area contributed by atoms with Gasteiger partial charge in [-0.15, -0.1) is 0 Å². The van der Waals surface area contributed by atoms with Gasteiger partial charge in [0.2, 0.25) is 0 Å². The third-order valence-corrected chi connectivity index (χ3v) is 4.01. The van der Waals surface area contributed by atoms with Gasteiger partial charge in [0.1, 0.15) is 11.5 Å². The van der Waals surface area contributed by atoms with E-state index in [1.165, 1.54) is 0 Å². The van der Waals surface area contributed by atoms with E-state index >= 15 is 0 Å². The van der Waals surface area contributed by atoms with Gasteiger partial charge < -0.3 is 9.94 Å². The maximum Gasteiger partial charge on any atom is 0.122 e. The summed E-state index contributed by atoms with van der Waals surface area (Å²) >= 11 is 1.72. The van der Waals surface area contributed by atoms with Crippen LogP contribution in [-0.2, 0) is 6.42 Å². The highest BCUT2D eigenvalue weighted by atomic mass is 32.2. The lowest BCUT2D eigenvalue weighted by Gasteiger charge is -2.25. The maximum atomic E-state index is 9.14. The quantitative estimate of drug-likeness (QED) is 0.635. The van der Waals surface area contributed by atoms with Crippen LogP contribution in [0.2, 0.25) is 0 Å². The number of hydrogen-bond acceptors (Lipinski definition) is 4. The summed E-state index contributed by atoms with van der Waals surface area (Å²) in [6.45, 7) is 0. The fourth-order valence-corrected chi connectivity index (χ4v) is 2.94. The lowest BCUT2D eigenvalue weighted by atomic mass is 9.89. The standard InChI is InChI=1S/C12H15NO2S/c1-15-10-5-3-4-9-8(10)6-7-11(16-2)12(9)13-14/h3-5,11,14H,6-7H2,1-2H3/b13-12-. The van der Waals surface area contributed by atoms with Crippen LogP contribution in [0.5, 0.6) is 5.75 Å². The van der Waals surface area contributed by atoms with Crippen LogP contribution in [0.15, 0.2) is 23.4 Å². The number of benzene rings is 1. The van der Waals surface area contributed by atoms with Crippen molar-refractivity contribution in [2.24, 2.45) is 5.16 Å². The molecule has 1 atom stereocenters. The van der Waals surface area contributed by atoms with Gasteiger partial charge in [-0.25, -0.2) is 0 Å². The first kappa shape index (κ1) is 11.3. The SMILES string of the molecule is COc1cccc2c1CCC(SC)/C2=N\O. The second kappa shape index (κ2) is 4.78. The monoisotopic (exact) mass is 237 g/mol. The van der Waals surface area contributed by atoms with E-state index in [9.17, 15) is 0 Å². The van der Waals surface area contributed by atoms with Gasteiger partial charge in [-0.3, -0.25) is 0 Å². The predicted molar refractivity (Wildman–Crippen MR) is 66.9 cm³/mol. The molecule has 1 aliphatic carbocycles. The Morgan fingerprint density at radius 3 is 2.94 bits per heavy atom. The number of methoxy groups -OCH3 is 1. The minimum atomic E-state index is 0.282. The minimum Gasteiger partial charge on any atom is -0.496 e. The average molecular weight is 237 g/mol. The molecule has 0 bridgehead atoms. The number of thioether (sulfide) groups is 1. The van der Waals surface area contributed by atoms with Crippen LogP contribution in [0, 0.1) is 0 Å². The van der Waals surface area contributed by atoms with E-state index in [2.05, 4.69) is 5.16 Å². The van der Waals surface area contributed by atoms with Crippen molar-refractivity contribution in [3.63, 3.8) is 0 Å². The second-order valence-electron chi connectivity index (χ2n) is 3.73. The molecule has 0 aliphatic heterocycles. The largest absolute Gasteiger partial charge is 0.496 e. The highest BCUT2D eigenvalue weighted by Crippen LogP contribution is 2.33. The van der Waals surface area contributed by atoms with Gasteiger partial charge in [0.15, 0.2) is 0 Å². The topological polar surface area (TPSA) is 41.8 Å². The van der Waals surface area contributed by atoms with Crippen LogP contribution in [0.4, 0.5) is 0 Å². The van der Waals surface area contributed by atoms with Crippen molar-refractivity contribution in [1.29, 1.82) is 0 Å². The summed E-state index contributed by atoms with van der Waals surface area (Å²) in [4.78, 5) is 0. The molecule has 0 fully saturated rings. The summed E-state index contributed by atoms with van der Waals surface area (Å²) in [6.07, 6.45) is 4.01. The molecule has 16 heavy (non-hydrogen) atoms. The van der Waals surface area contributed by atoms with E-state index in [4.69, 9.17) is 9.94 Å². The molecule has 0 amide bonds. The van der Waals surface area contributed by atoms with Crippen LogP contribution >= 0.6 is 11.8 Å². The summed E-state index contributed by atoms with van der Waals surface area (Å²) < 4.78 is 5.33. The molecule has 0 saturated heterocycles. The van der Waals surface area contributed by atoms with Crippen LogP contribution in [-0.4, -0.2) is 29.5 Å². The van der Waals surface area contributed by atoms with Crippen LogP contribution < -0.4 is 4.74 Å². The maximum absolute atomic E-state index is 9.14. The summed E-state index contributed by atoms with van der Waals surface area (Å²) in [7, 11) is 1.67. The summed E-state index contributed by atoms with van der Waals surface area (Å²) in [6, 6.07) is 5.88. The molecule has 0 heterocycles. The minimum absolute atomic E-state index is 0.282. The molecular weight excluding hydrogens is 222 g/mol. The molecule has 1 aliphatic rings. The Balaban J connectivity index is 2.51. The molecule has 0 spiro atoms. The van der Waals surface area contributed by atoms with Crippen molar-refractivity contribution < 1.29 is 9.94 Å². The summed E-state index contributed by atoms with van der Waals surface area (Å²) in [5.74, 6) is 0.887. The number of fused-ring (bicyclic) bond motifs is 1. The van der Waals surface area contributed by atoms with Gasteiger partial charge in [0.25, 0.3) is 0 Å². The Kier molecular flexibility index (Phi) is 3.39. The first-order valence-electron chi connectivity index (χ1n) is 5.22. The summed E-state index contributed by atoms with van der Waals surface area (Å²) in [5, 5.41) is 12.9. The van der Waals surface area contributed by atoms with Crippen LogP contribution in [0.25, 0.3) is 0 Å². The van der Waals surface area contributed by atoms with E-state index in [1.807, 2.05) is 24.5 Å². The molecule has 0 saturated carbocycles. The molecule has 0 radical (unpaired) electrons. The van der Waals surface area contributed by atoms with E-state index in [1.54, 1.807) is 18.9 Å². The van der Waals surface area contributed by atoms with E-state index in [-0.39, 0.29) is 5.25 Å². The van der Waals surface area contributed by atoms with Crippen molar-refractivity contribution in [2.45, 2.75) is 18.1 Å². The van der Waals surface area contributed by atoms with Gasteiger partial charge in [-0.1, -0.05) is 17.3 Å². The molecule has 4 heteroatoms. The molecule has 2 rings (SSSR count). The van der Waals surface area contributed by atoms with Crippen molar-refractivity contribution in [3.8, 4) is 5.75 Å². The average Bonchev–Trinajstić information content (AvgIpc) is 2.36. The van der Waals surface area contributed by atoms with Crippen molar-refractivity contribution in [1.82, 2.24) is 0 Å². The van der Waals surface area contributed by atoms with Crippen molar-refractivity contribution in [2.75, 3.05) is 13.4 Å². The van der Waals surface area contributed by atoms with Crippen molar-refractivity contribution >= 4 is 17.5 Å². The third kappa shape index (κ3) is 1.78. The molecular formula is C12H15NO2S. The number of oxime groups is 1. The fourth-order valence-electron chi connectivity index (χ4n) is 2.19. The zero-order chi connectivity index (χ0) is 11.5. The van der Waals surface area contributed by atoms with Gasteiger partial charge in [0.05, 0.1) is 12.4 Å². The Hall–Kier alpha value is -1.16. The number of hydrogen-bond donors (Lipinski definition) is 1. The Labute approximate surface area is 99.5 Å². The van der Waals surface area contributed by atoms with Gasteiger partial charge in [0, 0.05) is 11.1 Å². The van der Waals surface area contributed by atoms with Crippen LogP contribution in [0.1, 0.15) is 17.5 Å². The highest BCUT2D eigenvalue weighted by molar-refractivity contribution is 8.00. The molecule has 1 unspecified atom stereocenters. The Morgan fingerprint density at radius 1 is 1.50 bits per heavy atom. The Bertz CT molecular complexity index is 417. The van der Waals surface area contributed by atoms with Crippen LogP contribution in [0.3, 0.4) is 0 Å². The molecule has 0 aromatic heterocycles. The molecule has 86 valence electrons. The molecule has 1 N–H and O–H groups in total. The molecule has 1 aromatic rings. The first-order valence-corrected chi connectivity index (χ1v) is 6.51. The number of ether oxygens (including phenoxy) is 1.